The third-order valence-corrected chi connectivity index (χ3v) is 3.05. The summed E-state index contributed by atoms with van der Waals surface area (Å²) in [6.45, 7) is 4.13. The first-order valence-electron chi connectivity index (χ1n) is 4.69. The minimum Gasteiger partial charge on any atom is -0.478 e. The van der Waals surface area contributed by atoms with Crippen molar-refractivity contribution >= 4 is 17.7 Å². The molecule has 1 aromatic carbocycles. The Bertz CT molecular complexity index is 383. The van der Waals surface area contributed by atoms with E-state index in [1.165, 1.54) is 22.1 Å². The SMILES string of the molecule is Cc1ccc(SC/C=C/C(=O)O)c(C)c1. The summed E-state index contributed by atoms with van der Waals surface area (Å²) in [5, 5.41) is 8.41. The fraction of sp³-hybridized carbons (Fsp3) is 0.250. The summed E-state index contributed by atoms with van der Waals surface area (Å²) in [5.74, 6) is -0.202. The molecule has 0 aliphatic rings. The molecule has 0 radical (unpaired) electrons. The van der Waals surface area contributed by atoms with Gasteiger partial charge in [-0.3, -0.25) is 0 Å². The fourth-order valence-electron chi connectivity index (χ4n) is 1.25. The van der Waals surface area contributed by atoms with Crippen molar-refractivity contribution in [3.05, 3.63) is 41.5 Å². The lowest BCUT2D eigenvalue weighted by molar-refractivity contribution is -0.131. The maximum Gasteiger partial charge on any atom is 0.328 e. The van der Waals surface area contributed by atoms with Crippen LogP contribution in [-0.2, 0) is 4.79 Å². The Balaban J connectivity index is 2.54. The van der Waals surface area contributed by atoms with E-state index in [0.29, 0.717) is 5.75 Å². The minimum absolute atomic E-state index is 0.691. The molecule has 0 aliphatic heterocycles. The van der Waals surface area contributed by atoms with Crippen molar-refractivity contribution < 1.29 is 9.90 Å². The summed E-state index contributed by atoms with van der Waals surface area (Å²) in [6, 6.07) is 6.27. The predicted octanol–water partition coefficient (Wildman–Crippen LogP) is 3.04. The first-order chi connectivity index (χ1) is 7.09. The Morgan fingerprint density at radius 1 is 1.47 bits per heavy atom. The van der Waals surface area contributed by atoms with Crippen LogP contribution < -0.4 is 0 Å². The van der Waals surface area contributed by atoms with Crippen molar-refractivity contribution in [2.75, 3.05) is 5.75 Å². The van der Waals surface area contributed by atoms with Crippen molar-refractivity contribution in [1.29, 1.82) is 0 Å². The Morgan fingerprint density at radius 3 is 2.80 bits per heavy atom. The van der Waals surface area contributed by atoms with Crippen LogP contribution in [0, 0.1) is 13.8 Å². The van der Waals surface area contributed by atoms with Gasteiger partial charge in [0.2, 0.25) is 0 Å². The van der Waals surface area contributed by atoms with Crippen LogP contribution in [0.2, 0.25) is 0 Å². The third kappa shape index (κ3) is 4.21. The molecule has 15 heavy (non-hydrogen) atoms. The maximum atomic E-state index is 10.2. The van der Waals surface area contributed by atoms with Crippen molar-refractivity contribution in [3.8, 4) is 0 Å². The lowest BCUT2D eigenvalue weighted by Crippen LogP contribution is -1.87. The number of carboxylic acid groups (broad SMARTS) is 1. The molecular weight excluding hydrogens is 208 g/mol. The molecule has 0 atom stereocenters. The number of hydrogen-bond donors (Lipinski definition) is 1. The van der Waals surface area contributed by atoms with Crippen LogP contribution in [0.1, 0.15) is 11.1 Å². The van der Waals surface area contributed by atoms with E-state index in [2.05, 4.69) is 32.0 Å². The molecular formula is C12H14O2S. The first-order valence-corrected chi connectivity index (χ1v) is 5.67. The Morgan fingerprint density at radius 2 is 2.20 bits per heavy atom. The number of hydrogen-bond acceptors (Lipinski definition) is 2. The van der Waals surface area contributed by atoms with Crippen molar-refractivity contribution in [2.45, 2.75) is 18.7 Å². The van der Waals surface area contributed by atoms with Gasteiger partial charge in [-0.15, -0.1) is 11.8 Å². The Labute approximate surface area is 94.0 Å². The first kappa shape index (κ1) is 11.9. The highest BCUT2D eigenvalue weighted by molar-refractivity contribution is 7.99. The fourth-order valence-corrected chi connectivity index (χ4v) is 2.07. The van der Waals surface area contributed by atoms with Crippen LogP contribution in [0.25, 0.3) is 0 Å². The monoisotopic (exact) mass is 222 g/mol. The highest BCUT2D eigenvalue weighted by atomic mass is 32.2. The number of benzene rings is 1. The third-order valence-electron chi connectivity index (χ3n) is 1.93. The van der Waals surface area contributed by atoms with E-state index >= 15 is 0 Å². The summed E-state index contributed by atoms with van der Waals surface area (Å²) in [4.78, 5) is 11.4. The van der Waals surface area contributed by atoms with Gasteiger partial charge in [0.25, 0.3) is 0 Å². The Kier molecular flexibility index (Phi) is 4.43. The van der Waals surface area contributed by atoms with Crippen LogP contribution in [0.3, 0.4) is 0 Å². The van der Waals surface area contributed by atoms with E-state index in [1.54, 1.807) is 17.8 Å². The second-order valence-electron chi connectivity index (χ2n) is 3.32. The van der Waals surface area contributed by atoms with Gasteiger partial charge in [-0.25, -0.2) is 4.79 Å². The van der Waals surface area contributed by atoms with Crippen LogP contribution in [-0.4, -0.2) is 16.8 Å². The summed E-state index contributed by atoms with van der Waals surface area (Å²) in [6.07, 6.45) is 2.84. The summed E-state index contributed by atoms with van der Waals surface area (Å²) >= 11 is 1.65. The van der Waals surface area contributed by atoms with Gasteiger partial charge in [-0.1, -0.05) is 23.8 Å². The molecule has 2 nitrogen and oxygen atoms in total. The zero-order chi connectivity index (χ0) is 11.3. The lowest BCUT2D eigenvalue weighted by atomic mass is 10.2. The molecule has 1 N–H and O–H groups in total. The quantitative estimate of drug-likeness (QED) is 0.628. The van der Waals surface area contributed by atoms with E-state index in [-0.39, 0.29) is 0 Å². The zero-order valence-corrected chi connectivity index (χ0v) is 9.67. The number of carbonyl (C=O) groups is 1. The van der Waals surface area contributed by atoms with Crippen LogP contribution in [0.4, 0.5) is 0 Å². The minimum atomic E-state index is -0.892. The van der Waals surface area contributed by atoms with Crippen LogP contribution >= 0.6 is 11.8 Å². The average molecular weight is 222 g/mol. The second kappa shape index (κ2) is 5.61. The molecule has 1 rings (SSSR count). The van der Waals surface area contributed by atoms with Crippen molar-refractivity contribution in [1.82, 2.24) is 0 Å². The van der Waals surface area contributed by atoms with Gasteiger partial charge in [0.05, 0.1) is 0 Å². The number of thioether (sulfide) groups is 1. The van der Waals surface area contributed by atoms with E-state index in [0.717, 1.165) is 0 Å². The molecule has 0 unspecified atom stereocenters. The molecule has 0 aliphatic carbocycles. The highest BCUT2D eigenvalue weighted by Crippen LogP contribution is 2.22. The van der Waals surface area contributed by atoms with Crippen LogP contribution in [0.15, 0.2) is 35.2 Å². The van der Waals surface area contributed by atoms with Gasteiger partial charge in [0.15, 0.2) is 0 Å². The number of aliphatic carboxylic acids is 1. The maximum absolute atomic E-state index is 10.2. The van der Waals surface area contributed by atoms with E-state index in [4.69, 9.17) is 5.11 Å². The molecule has 0 aromatic heterocycles. The number of aryl methyl sites for hydroxylation is 2. The molecule has 80 valence electrons. The normalized spacial score (nSPS) is 10.8. The summed E-state index contributed by atoms with van der Waals surface area (Å²) in [5.41, 5.74) is 2.49. The topological polar surface area (TPSA) is 37.3 Å². The summed E-state index contributed by atoms with van der Waals surface area (Å²) in [7, 11) is 0. The molecule has 0 saturated heterocycles. The zero-order valence-electron chi connectivity index (χ0n) is 8.86. The smallest absolute Gasteiger partial charge is 0.328 e. The van der Waals surface area contributed by atoms with Gasteiger partial charge < -0.3 is 5.11 Å². The highest BCUT2D eigenvalue weighted by Gasteiger charge is 1.97. The van der Waals surface area contributed by atoms with E-state index < -0.39 is 5.97 Å². The molecule has 1 aromatic rings. The molecule has 0 spiro atoms. The van der Waals surface area contributed by atoms with Gasteiger partial charge in [0, 0.05) is 16.7 Å². The summed E-state index contributed by atoms with van der Waals surface area (Å²) < 4.78 is 0. The molecule has 0 bridgehead atoms. The molecule has 0 heterocycles. The lowest BCUT2D eigenvalue weighted by Gasteiger charge is -2.04. The number of carboxylic acids is 1. The molecule has 0 saturated carbocycles. The standard InChI is InChI=1S/C12H14O2S/c1-9-5-6-11(10(2)8-9)15-7-3-4-12(13)14/h3-6,8H,7H2,1-2H3,(H,13,14)/b4-3+. The second-order valence-corrected chi connectivity index (χ2v) is 4.38. The van der Waals surface area contributed by atoms with Crippen molar-refractivity contribution in [2.24, 2.45) is 0 Å². The van der Waals surface area contributed by atoms with Crippen molar-refractivity contribution in [3.63, 3.8) is 0 Å². The predicted molar refractivity (Wildman–Crippen MR) is 63.4 cm³/mol. The Hall–Kier alpha value is -1.22. The van der Waals surface area contributed by atoms with Gasteiger partial charge in [0.1, 0.15) is 0 Å². The van der Waals surface area contributed by atoms with Crippen LogP contribution in [0.5, 0.6) is 0 Å². The van der Waals surface area contributed by atoms with Gasteiger partial charge in [-0.05, 0) is 25.5 Å². The molecule has 0 fully saturated rings. The van der Waals surface area contributed by atoms with E-state index in [9.17, 15) is 4.79 Å². The largest absolute Gasteiger partial charge is 0.478 e. The molecule has 3 heteroatoms. The van der Waals surface area contributed by atoms with E-state index in [1.807, 2.05) is 0 Å². The van der Waals surface area contributed by atoms with Gasteiger partial charge >= 0.3 is 5.97 Å². The van der Waals surface area contributed by atoms with Gasteiger partial charge in [-0.2, -0.15) is 0 Å². The molecule has 0 amide bonds. The average Bonchev–Trinajstić information content (AvgIpc) is 2.14. The number of rotatable bonds is 4.